The van der Waals surface area contributed by atoms with E-state index in [9.17, 15) is 4.39 Å². The molecule has 0 saturated carbocycles. The molecule has 18 heavy (non-hydrogen) atoms. The summed E-state index contributed by atoms with van der Waals surface area (Å²) < 4.78 is 18.6. The molecule has 1 aromatic carbocycles. The fourth-order valence-corrected chi connectivity index (χ4v) is 1.85. The third-order valence-corrected chi connectivity index (χ3v) is 2.99. The monoisotopic (exact) mass is 285 g/mol. The zero-order chi connectivity index (χ0) is 13.1. The average molecular weight is 286 g/mol. The van der Waals surface area contributed by atoms with E-state index in [1.165, 1.54) is 12.1 Å². The van der Waals surface area contributed by atoms with Crippen LogP contribution in [0.4, 0.5) is 4.39 Å². The molecule has 0 unspecified atom stereocenters. The number of hydrogen-bond acceptors (Lipinski definition) is 2. The number of aryl methyl sites for hydroxylation is 1. The minimum atomic E-state index is -0.337. The molecule has 5 heteroatoms. The van der Waals surface area contributed by atoms with Crippen molar-refractivity contribution in [1.82, 2.24) is 4.98 Å². The molecule has 1 aromatic heterocycles. The first kappa shape index (κ1) is 13.1. The van der Waals surface area contributed by atoms with Crippen LogP contribution in [-0.2, 0) is 6.61 Å². The second-order valence-corrected chi connectivity index (χ2v) is 4.59. The van der Waals surface area contributed by atoms with Gasteiger partial charge in [-0.05, 0) is 24.6 Å². The first-order valence-electron chi connectivity index (χ1n) is 5.25. The summed E-state index contributed by atoms with van der Waals surface area (Å²) in [6.07, 6.45) is 1.54. The summed E-state index contributed by atoms with van der Waals surface area (Å²) in [7, 11) is 0. The lowest BCUT2D eigenvalue weighted by molar-refractivity contribution is 0.302. The van der Waals surface area contributed by atoms with Crippen LogP contribution in [0.15, 0.2) is 30.5 Å². The van der Waals surface area contributed by atoms with Crippen LogP contribution in [0, 0.1) is 12.7 Å². The van der Waals surface area contributed by atoms with E-state index in [0.717, 1.165) is 5.56 Å². The quantitative estimate of drug-likeness (QED) is 0.779. The van der Waals surface area contributed by atoms with E-state index >= 15 is 0 Å². The summed E-state index contributed by atoms with van der Waals surface area (Å²) in [6.45, 7) is 2.06. The largest absolute Gasteiger partial charge is 0.488 e. The smallest absolute Gasteiger partial charge is 0.130 e. The third-order valence-electron chi connectivity index (χ3n) is 2.43. The Morgan fingerprint density at radius 1 is 1.28 bits per heavy atom. The Bertz CT molecular complexity index is 575. The fraction of sp³-hybridized carbons (Fsp3) is 0.154. The van der Waals surface area contributed by atoms with Crippen LogP contribution in [0.1, 0.15) is 11.1 Å². The maximum absolute atomic E-state index is 13.1. The SMILES string of the molecule is Cc1ccc(F)cc1OCc1cnc(Cl)cc1Cl. The molecule has 2 aromatic rings. The summed E-state index contributed by atoms with van der Waals surface area (Å²) in [5.74, 6) is 0.150. The molecule has 0 fully saturated rings. The summed E-state index contributed by atoms with van der Waals surface area (Å²) >= 11 is 11.7. The van der Waals surface area contributed by atoms with Gasteiger partial charge in [-0.15, -0.1) is 0 Å². The number of ether oxygens (including phenoxy) is 1. The fourth-order valence-electron chi connectivity index (χ4n) is 1.43. The molecule has 1 heterocycles. The lowest BCUT2D eigenvalue weighted by Gasteiger charge is -2.10. The molecule has 0 aliphatic carbocycles. The van der Waals surface area contributed by atoms with Gasteiger partial charge in [-0.1, -0.05) is 29.3 Å². The third kappa shape index (κ3) is 3.12. The minimum absolute atomic E-state index is 0.216. The van der Waals surface area contributed by atoms with Crippen LogP contribution < -0.4 is 4.74 Å². The zero-order valence-corrected chi connectivity index (χ0v) is 11.1. The van der Waals surface area contributed by atoms with Crippen molar-refractivity contribution in [1.29, 1.82) is 0 Å². The van der Waals surface area contributed by atoms with Gasteiger partial charge in [0.1, 0.15) is 23.3 Å². The van der Waals surface area contributed by atoms with Crippen molar-refractivity contribution in [2.75, 3.05) is 0 Å². The van der Waals surface area contributed by atoms with Crippen LogP contribution in [0.3, 0.4) is 0 Å². The van der Waals surface area contributed by atoms with Crippen molar-refractivity contribution in [3.63, 3.8) is 0 Å². The van der Waals surface area contributed by atoms with Crippen LogP contribution in [0.25, 0.3) is 0 Å². The molecule has 94 valence electrons. The first-order valence-corrected chi connectivity index (χ1v) is 6.01. The van der Waals surface area contributed by atoms with Crippen molar-refractivity contribution in [3.8, 4) is 5.75 Å². The number of hydrogen-bond donors (Lipinski definition) is 0. The van der Waals surface area contributed by atoms with E-state index in [0.29, 0.717) is 21.5 Å². The lowest BCUT2D eigenvalue weighted by Crippen LogP contribution is -1.99. The Kier molecular flexibility index (Phi) is 4.04. The van der Waals surface area contributed by atoms with Gasteiger partial charge in [0.05, 0.1) is 5.02 Å². The number of nitrogens with zero attached hydrogens (tertiary/aromatic N) is 1. The molecule has 2 nitrogen and oxygen atoms in total. The highest BCUT2D eigenvalue weighted by Gasteiger charge is 2.06. The van der Waals surface area contributed by atoms with E-state index in [4.69, 9.17) is 27.9 Å². The Morgan fingerprint density at radius 2 is 2.06 bits per heavy atom. The topological polar surface area (TPSA) is 22.1 Å². The Hall–Kier alpha value is -1.32. The molecule has 0 bridgehead atoms. The summed E-state index contributed by atoms with van der Waals surface area (Å²) in [5.41, 5.74) is 1.55. The van der Waals surface area contributed by atoms with Gasteiger partial charge < -0.3 is 4.74 Å². The van der Waals surface area contributed by atoms with Crippen molar-refractivity contribution in [3.05, 3.63) is 57.6 Å². The zero-order valence-electron chi connectivity index (χ0n) is 9.58. The number of halogens is 3. The highest BCUT2D eigenvalue weighted by atomic mass is 35.5. The second kappa shape index (κ2) is 5.55. The van der Waals surface area contributed by atoms with Gasteiger partial charge in [-0.2, -0.15) is 0 Å². The lowest BCUT2D eigenvalue weighted by atomic mass is 10.2. The van der Waals surface area contributed by atoms with Crippen LogP contribution in [0.5, 0.6) is 5.75 Å². The van der Waals surface area contributed by atoms with Crippen molar-refractivity contribution in [2.24, 2.45) is 0 Å². The molecule has 0 atom stereocenters. The Labute approximate surface area is 114 Å². The molecule has 2 rings (SSSR count). The van der Waals surface area contributed by atoms with Gasteiger partial charge in [0, 0.05) is 17.8 Å². The van der Waals surface area contributed by atoms with E-state index in [1.54, 1.807) is 18.3 Å². The highest BCUT2D eigenvalue weighted by molar-refractivity contribution is 6.34. The first-order chi connectivity index (χ1) is 8.56. The van der Waals surface area contributed by atoms with Crippen LogP contribution in [0.2, 0.25) is 10.2 Å². The molecule has 0 radical (unpaired) electrons. The van der Waals surface area contributed by atoms with Crippen LogP contribution >= 0.6 is 23.2 Å². The summed E-state index contributed by atoms with van der Waals surface area (Å²) in [6, 6.07) is 5.93. The van der Waals surface area contributed by atoms with Crippen molar-refractivity contribution < 1.29 is 9.13 Å². The van der Waals surface area contributed by atoms with E-state index in [1.807, 2.05) is 6.92 Å². The predicted octanol–water partition coefficient (Wildman–Crippen LogP) is 4.41. The summed E-state index contributed by atoms with van der Waals surface area (Å²) in [5, 5.41) is 0.801. The molecular formula is C13H10Cl2FNO. The molecular weight excluding hydrogens is 276 g/mol. The molecule has 0 aliphatic rings. The number of benzene rings is 1. The number of rotatable bonds is 3. The minimum Gasteiger partial charge on any atom is -0.488 e. The van der Waals surface area contributed by atoms with E-state index < -0.39 is 0 Å². The van der Waals surface area contributed by atoms with Crippen LogP contribution in [-0.4, -0.2) is 4.98 Å². The molecule has 0 aliphatic heterocycles. The number of aromatic nitrogens is 1. The molecule has 0 amide bonds. The molecule has 0 N–H and O–H groups in total. The maximum atomic E-state index is 13.1. The van der Waals surface area contributed by atoms with Gasteiger partial charge in [0.25, 0.3) is 0 Å². The molecule has 0 spiro atoms. The van der Waals surface area contributed by atoms with Gasteiger partial charge in [-0.3, -0.25) is 0 Å². The normalized spacial score (nSPS) is 10.4. The highest BCUT2D eigenvalue weighted by Crippen LogP contribution is 2.23. The second-order valence-electron chi connectivity index (χ2n) is 3.80. The molecule has 0 saturated heterocycles. The van der Waals surface area contributed by atoms with Gasteiger partial charge in [0.2, 0.25) is 0 Å². The predicted molar refractivity (Wildman–Crippen MR) is 69.7 cm³/mol. The standard InChI is InChI=1S/C13H10Cl2FNO/c1-8-2-3-10(16)4-12(8)18-7-9-6-17-13(15)5-11(9)14/h2-6H,7H2,1H3. The number of pyridine rings is 1. The van der Waals surface area contributed by atoms with Gasteiger partial charge >= 0.3 is 0 Å². The maximum Gasteiger partial charge on any atom is 0.130 e. The van der Waals surface area contributed by atoms with Gasteiger partial charge in [-0.25, -0.2) is 9.37 Å². The summed E-state index contributed by atoms with van der Waals surface area (Å²) in [4.78, 5) is 3.92. The Morgan fingerprint density at radius 3 is 2.78 bits per heavy atom. The Balaban J connectivity index is 2.13. The van der Waals surface area contributed by atoms with Gasteiger partial charge in [0.15, 0.2) is 0 Å². The average Bonchev–Trinajstić information content (AvgIpc) is 2.32. The van der Waals surface area contributed by atoms with E-state index in [-0.39, 0.29) is 12.4 Å². The van der Waals surface area contributed by atoms with Crippen molar-refractivity contribution >= 4 is 23.2 Å². The van der Waals surface area contributed by atoms with E-state index in [2.05, 4.69) is 4.98 Å². The van der Waals surface area contributed by atoms with Crippen molar-refractivity contribution in [2.45, 2.75) is 13.5 Å².